The molecule has 0 atom stereocenters. The van der Waals surface area contributed by atoms with E-state index in [1.807, 2.05) is 0 Å². The molecule has 0 saturated carbocycles. The fourth-order valence-electron chi connectivity index (χ4n) is 2.64. The third kappa shape index (κ3) is 4.17. The number of hydrogen-bond donors (Lipinski definition) is 0. The molecule has 0 bridgehead atoms. The van der Waals surface area contributed by atoms with Gasteiger partial charge in [-0.05, 0) is 36.4 Å². The summed E-state index contributed by atoms with van der Waals surface area (Å²) >= 11 is 0.989. The van der Waals surface area contributed by atoms with E-state index in [-0.39, 0.29) is 22.1 Å². The molecule has 0 spiro atoms. The van der Waals surface area contributed by atoms with Crippen LogP contribution >= 0.6 is 11.3 Å². The monoisotopic (exact) mass is 455 g/mol. The van der Waals surface area contributed by atoms with Gasteiger partial charge in [0, 0.05) is 17.7 Å². The lowest BCUT2D eigenvalue weighted by atomic mass is 10.2. The van der Waals surface area contributed by atoms with Crippen LogP contribution in [0.1, 0.15) is 16.1 Å². The Labute approximate surface area is 181 Å². The average molecular weight is 455 g/mol. The molecular weight excluding hydrogens is 445 g/mol. The van der Waals surface area contributed by atoms with Crippen LogP contribution in [0.4, 0.5) is 21.1 Å². The molecule has 0 unspecified atom stereocenters. The second kappa shape index (κ2) is 8.31. The first-order valence-corrected chi connectivity index (χ1v) is 9.56. The van der Waals surface area contributed by atoms with Crippen LogP contribution < -0.4 is 5.01 Å². The number of nitro groups is 2. The maximum absolute atomic E-state index is 13.6. The van der Waals surface area contributed by atoms with E-state index in [2.05, 4.69) is 10.1 Å². The Morgan fingerprint density at radius 1 is 1.09 bits per heavy atom. The SMILES string of the molecule is O=C(c1ccc([N+](=O)[O-])cc1)N(/N=C/c1ccc([N+](=O)[O-])o1)c1nc2ccc(F)cc2s1. The van der Waals surface area contributed by atoms with Gasteiger partial charge < -0.3 is 4.42 Å². The first-order chi connectivity index (χ1) is 15.3. The summed E-state index contributed by atoms with van der Waals surface area (Å²) in [5.41, 5.74) is 0.301. The molecule has 11 nitrogen and oxygen atoms in total. The summed E-state index contributed by atoms with van der Waals surface area (Å²) in [6, 6.07) is 11.2. The highest BCUT2D eigenvalue weighted by Crippen LogP contribution is 2.31. The Morgan fingerprint density at radius 2 is 1.84 bits per heavy atom. The highest BCUT2D eigenvalue weighted by molar-refractivity contribution is 7.22. The highest BCUT2D eigenvalue weighted by atomic mass is 32.1. The van der Waals surface area contributed by atoms with E-state index in [1.54, 1.807) is 0 Å². The van der Waals surface area contributed by atoms with Crippen molar-refractivity contribution in [2.45, 2.75) is 0 Å². The predicted octanol–water partition coefficient (Wildman–Crippen LogP) is 4.53. The molecule has 0 fully saturated rings. The molecule has 4 rings (SSSR count). The van der Waals surface area contributed by atoms with E-state index in [0.717, 1.165) is 28.6 Å². The van der Waals surface area contributed by atoms with Gasteiger partial charge in [-0.15, -0.1) is 0 Å². The van der Waals surface area contributed by atoms with Gasteiger partial charge in [-0.25, -0.2) is 9.37 Å². The minimum Gasteiger partial charge on any atom is -0.400 e. The van der Waals surface area contributed by atoms with Crippen molar-refractivity contribution < 1.29 is 23.4 Å². The van der Waals surface area contributed by atoms with Crippen LogP contribution in [0.25, 0.3) is 10.2 Å². The number of nitro benzene ring substituents is 1. The molecule has 13 heteroatoms. The number of hydrazone groups is 1. The summed E-state index contributed by atoms with van der Waals surface area (Å²) in [4.78, 5) is 37.7. The number of thiazole rings is 1. The number of nitrogens with zero attached hydrogens (tertiary/aromatic N) is 5. The van der Waals surface area contributed by atoms with E-state index in [0.29, 0.717) is 10.2 Å². The third-order valence-electron chi connectivity index (χ3n) is 4.13. The van der Waals surface area contributed by atoms with Gasteiger partial charge in [0.25, 0.3) is 11.6 Å². The van der Waals surface area contributed by atoms with Gasteiger partial charge in [-0.1, -0.05) is 11.3 Å². The standard InChI is InChI=1S/C19H10FN5O6S/c20-12-3-7-15-16(9-12)32-19(22-15)23(21-10-14-6-8-17(31-14)25(29)30)18(26)11-1-4-13(5-2-11)24(27)28/h1-10H/b21-10+. The molecule has 2 aromatic heterocycles. The average Bonchev–Trinajstić information content (AvgIpc) is 3.40. The fourth-order valence-corrected chi connectivity index (χ4v) is 3.58. The summed E-state index contributed by atoms with van der Waals surface area (Å²) in [5.74, 6) is -1.66. The van der Waals surface area contributed by atoms with Crippen molar-refractivity contribution in [1.29, 1.82) is 0 Å². The summed E-state index contributed by atoms with van der Waals surface area (Å²) in [7, 11) is 0. The number of non-ortho nitro benzene ring substituents is 1. The highest BCUT2D eigenvalue weighted by Gasteiger charge is 2.22. The smallest absolute Gasteiger partial charge is 0.400 e. The van der Waals surface area contributed by atoms with Crippen LogP contribution in [-0.4, -0.2) is 27.0 Å². The Kier molecular flexibility index (Phi) is 5.39. The molecule has 0 radical (unpaired) electrons. The number of aromatic nitrogens is 1. The Bertz CT molecular complexity index is 1380. The van der Waals surface area contributed by atoms with Gasteiger partial charge in [0.05, 0.1) is 27.4 Å². The van der Waals surface area contributed by atoms with Gasteiger partial charge in [-0.2, -0.15) is 10.1 Å². The Morgan fingerprint density at radius 3 is 2.50 bits per heavy atom. The Hall–Kier alpha value is -4.52. The summed E-state index contributed by atoms with van der Waals surface area (Å²) in [6.07, 6.45) is 1.09. The molecular formula is C19H10FN5O6S. The van der Waals surface area contributed by atoms with Gasteiger partial charge in [-0.3, -0.25) is 25.0 Å². The molecule has 4 aromatic rings. The van der Waals surface area contributed by atoms with E-state index >= 15 is 0 Å². The van der Waals surface area contributed by atoms with Crippen LogP contribution in [-0.2, 0) is 0 Å². The third-order valence-corrected chi connectivity index (χ3v) is 5.12. The van der Waals surface area contributed by atoms with Crippen molar-refractivity contribution in [3.8, 4) is 0 Å². The maximum Gasteiger partial charge on any atom is 0.433 e. The zero-order valence-corrected chi connectivity index (χ0v) is 16.6. The van der Waals surface area contributed by atoms with Crippen molar-refractivity contribution in [3.63, 3.8) is 0 Å². The number of carbonyl (C=O) groups excluding carboxylic acids is 1. The predicted molar refractivity (Wildman–Crippen MR) is 112 cm³/mol. The molecule has 0 N–H and O–H groups in total. The number of fused-ring (bicyclic) bond motifs is 1. The largest absolute Gasteiger partial charge is 0.433 e. The van der Waals surface area contributed by atoms with Gasteiger partial charge in [0.15, 0.2) is 5.76 Å². The quantitative estimate of drug-likeness (QED) is 0.236. The van der Waals surface area contributed by atoms with Crippen LogP contribution in [0.5, 0.6) is 0 Å². The second-order valence-electron chi connectivity index (χ2n) is 6.21. The number of anilines is 1. The second-order valence-corrected chi connectivity index (χ2v) is 7.22. The normalized spacial score (nSPS) is 11.2. The minimum atomic E-state index is -0.723. The number of benzene rings is 2. The molecule has 160 valence electrons. The summed E-state index contributed by atoms with van der Waals surface area (Å²) < 4.78 is 19.0. The maximum atomic E-state index is 13.6. The lowest BCUT2D eigenvalue weighted by Gasteiger charge is -2.13. The minimum absolute atomic E-state index is 0.00496. The molecule has 2 aromatic carbocycles. The fraction of sp³-hybridized carbons (Fsp3) is 0. The summed E-state index contributed by atoms with van der Waals surface area (Å²) in [5, 5.41) is 26.7. The van der Waals surface area contributed by atoms with Crippen molar-refractivity contribution in [2.24, 2.45) is 5.10 Å². The van der Waals surface area contributed by atoms with Gasteiger partial charge in [0.1, 0.15) is 10.7 Å². The zero-order chi connectivity index (χ0) is 22.8. The van der Waals surface area contributed by atoms with Crippen molar-refractivity contribution >= 4 is 50.4 Å². The molecule has 2 heterocycles. The number of hydrogen-bond acceptors (Lipinski definition) is 9. The van der Waals surface area contributed by atoms with Crippen molar-refractivity contribution in [1.82, 2.24) is 4.98 Å². The molecule has 0 aliphatic heterocycles. The zero-order valence-electron chi connectivity index (χ0n) is 15.7. The number of carbonyl (C=O) groups is 1. The lowest BCUT2D eigenvalue weighted by Crippen LogP contribution is -2.25. The lowest BCUT2D eigenvalue weighted by molar-refractivity contribution is -0.402. The Balaban J connectivity index is 1.73. The van der Waals surface area contributed by atoms with E-state index in [1.165, 1.54) is 48.5 Å². The van der Waals surface area contributed by atoms with Gasteiger partial charge >= 0.3 is 5.88 Å². The molecule has 1 amide bonds. The first kappa shape index (κ1) is 20.7. The molecule has 0 saturated heterocycles. The van der Waals surface area contributed by atoms with Crippen LogP contribution in [0.2, 0.25) is 0 Å². The number of halogens is 1. The van der Waals surface area contributed by atoms with Crippen molar-refractivity contribution in [2.75, 3.05) is 5.01 Å². The number of amides is 1. The molecule has 0 aliphatic rings. The van der Waals surface area contributed by atoms with Gasteiger partial charge in [0.2, 0.25) is 5.13 Å². The van der Waals surface area contributed by atoms with E-state index < -0.39 is 27.5 Å². The number of furan rings is 1. The summed E-state index contributed by atoms with van der Waals surface area (Å²) in [6.45, 7) is 0. The van der Waals surface area contributed by atoms with Crippen LogP contribution in [0, 0.1) is 26.0 Å². The topological polar surface area (TPSA) is 145 Å². The van der Waals surface area contributed by atoms with E-state index in [4.69, 9.17) is 4.42 Å². The number of rotatable bonds is 6. The van der Waals surface area contributed by atoms with Crippen LogP contribution in [0.3, 0.4) is 0 Å². The van der Waals surface area contributed by atoms with Crippen molar-refractivity contribution in [3.05, 3.63) is 92.0 Å². The first-order valence-electron chi connectivity index (χ1n) is 8.75. The van der Waals surface area contributed by atoms with Crippen LogP contribution in [0.15, 0.2) is 64.1 Å². The molecule has 32 heavy (non-hydrogen) atoms. The molecule has 0 aliphatic carbocycles. The van der Waals surface area contributed by atoms with E-state index in [9.17, 15) is 29.4 Å².